The molecule has 2 aromatic heterocycles. The van der Waals surface area contributed by atoms with Gasteiger partial charge >= 0.3 is 0 Å². The van der Waals surface area contributed by atoms with Crippen molar-refractivity contribution in [2.24, 2.45) is 0 Å². The predicted octanol–water partition coefficient (Wildman–Crippen LogP) is 3.09. The highest BCUT2D eigenvalue weighted by molar-refractivity contribution is 5.78. The monoisotopic (exact) mass is 479 g/mol. The summed E-state index contributed by atoms with van der Waals surface area (Å²) in [5, 5.41) is 7.75. The molecule has 1 aliphatic heterocycles. The molecule has 1 N–H and O–H groups in total. The van der Waals surface area contributed by atoms with E-state index in [1.165, 1.54) is 0 Å². The fraction of sp³-hybridized carbons (Fsp3) is 0.462. The molecule has 3 heterocycles. The van der Waals surface area contributed by atoms with Gasteiger partial charge in [-0.05, 0) is 50.8 Å². The highest BCUT2D eigenvalue weighted by Gasteiger charge is 2.19. The number of methoxy groups -OCH3 is 2. The molecule has 1 fully saturated rings. The minimum atomic E-state index is 0.000712. The second-order valence-corrected chi connectivity index (χ2v) is 8.81. The summed E-state index contributed by atoms with van der Waals surface area (Å²) in [6.45, 7) is 6.09. The predicted molar refractivity (Wildman–Crippen MR) is 133 cm³/mol. The third-order valence-electron chi connectivity index (χ3n) is 6.55. The van der Waals surface area contributed by atoms with Crippen LogP contribution in [0.1, 0.15) is 42.6 Å². The molecule has 1 saturated heterocycles. The van der Waals surface area contributed by atoms with Crippen LogP contribution >= 0.6 is 0 Å². The lowest BCUT2D eigenvalue weighted by molar-refractivity contribution is -0.127. The molecule has 9 nitrogen and oxygen atoms in total. The Morgan fingerprint density at radius 3 is 2.71 bits per heavy atom. The van der Waals surface area contributed by atoms with E-state index in [9.17, 15) is 9.59 Å². The molecule has 0 unspecified atom stereocenters. The largest absolute Gasteiger partial charge is 0.497 e. The number of likely N-dealkylation sites (tertiary alicyclic amines) is 1. The van der Waals surface area contributed by atoms with Crippen LogP contribution in [-0.2, 0) is 16.0 Å². The SMILES string of the molecule is COc1ccc(-c2cc3nc(C)c(CCC(=O)NCCCN4CCCC4=O)c(C)n3n2)c(OC)c1. The van der Waals surface area contributed by atoms with Gasteiger partial charge in [-0.15, -0.1) is 0 Å². The minimum absolute atomic E-state index is 0.000712. The zero-order chi connectivity index (χ0) is 24.9. The van der Waals surface area contributed by atoms with E-state index >= 15 is 0 Å². The molecule has 0 saturated carbocycles. The van der Waals surface area contributed by atoms with Crippen molar-refractivity contribution in [2.45, 2.75) is 46.0 Å². The lowest BCUT2D eigenvalue weighted by Gasteiger charge is -2.15. The first-order valence-electron chi connectivity index (χ1n) is 12.0. The summed E-state index contributed by atoms with van der Waals surface area (Å²) in [5.74, 6) is 1.61. The van der Waals surface area contributed by atoms with E-state index in [2.05, 4.69) is 5.32 Å². The summed E-state index contributed by atoms with van der Waals surface area (Å²) in [6.07, 6.45) is 3.31. The molecule has 2 amide bonds. The van der Waals surface area contributed by atoms with Crippen LogP contribution in [0.2, 0.25) is 0 Å². The van der Waals surface area contributed by atoms with E-state index in [0.29, 0.717) is 43.9 Å². The number of nitrogens with one attached hydrogen (secondary N) is 1. The van der Waals surface area contributed by atoms with Crippen LogP contribution in [0, 0.1) is 13.8 Å². The van der Waals surface area contributed by atoms with E-state index < -0.39 is 0 Å². The van der Waals surface area contributed by atoms with Crippen LogP contribution in [0.25, 0.3) is 16.9 Å². The first-order valence-corrected chi connectivity index (χ1v) is 12.0. The number of carbonyl (C=O) groups excluding carboxylic acids is 2. The van der Waals surface area contributed by atoms with Gasteiger partial charge in [-0.2, -0.15) is 5.10 Å². The van der Waals surface area contributed by atoms with Gasteiger partial charge < -0.3 is 19.7 Å². The van der Waals surface area contributed by atoms with Gasteiger partial charge in [-0.1, -0.05) is 0 Å². The molecule has 1 aliphatic rings. The van der Waals surface area contributed by atoms with Crippen molar-refractivity contribution in [2.75, 3.05) is 33.9 Å². The van der Waals surface area contributed by atoms with Gasteiger partial charge in [0, 0.05) is 61.6 Å². The third-order valence-corrected chi connectivity index (χ3v) is 6.55. The molecule has 0 radical (unpaired) electrons. The van der Waals surface area contributed by atoms with Crippen LogP contribution in [0.4, 0.5) is 0 Å². The Kier molecular flexibility index (Phi) is 7.53. The summed E-state index contributed by atoms with van der Waals surface area (Å²) < 4.78 is 12.7. The van der Waals surface area contributed by atoms with Crippen LogP contribution in [-0.4, -0.2) is 65.2 Å². The highest BCUT2D eigenvalue weighted by atomic mass is 16.5. The Balaban J connectivity index is 1.42. The van der Waals surface area contributed by atoms with E-state index in [1.807, 2.05) is 47.5 Å². The number of rotatable bonds is 10. The Bertz CT molecular complexity index is 1240. The molecule has 3 aromatic rings. The van der Waals surface area contributed by atoms with Gasteiger partial charge in [0.15, 0.2) is 5.65 Å². The van der Waals surface area contributed by atoms with Crippen molar-refractivity contribution >= 4 is 17.5 Å². The van der Waals surface area contributed by atoms with Gasteiger partial charge in [-0.25, -0.2) is 9.50 Å². The Labute approximate surface area is 205 Å². The number of nitrogens with zero attached hydrogens (tertiary/aromatic N) is 4. The van der Waals surface area contributed by atoms with Crippen molar-refractivity contribution in [3.8, 4) is 22.8 Å². The van der Waals surface area contributed by atoms with Crippen LogP contribution in [0.3, 0.4) is 0 Å². The number of amides is 2. The molecular formula is C26H33N5O4. The summed E-state index contributed by atoms with van der Waals surface area (Å²) in [5.41, 5.74) is 5.23. The molecule has 9 heteroatoms. The number of ether oxygens (including phenoxy) is 2. The minimum Gasteiger partial charge on any atom is -0.497 e. The topological polar surface area (TPSA) is 98.1 Å². The normalized spacial score (nSPS) is 13.5. The molecule has 0 bridgehead atoms. The van der Waals surface area contributed by atoms with E-state index in [0.717, 1.165) is 53.2 Å². The third kappa shape index (κ3) is 5.39. The molecule has 186 valence electrons. The van der Waals surface area contributed by atoms with Gasteiger partial charge in [0.25, 0.3) is 0 Å². The van der Waals surface area contributed by atoms with Crippen molar-refractivity contribution in [1.82, 2.24) is 24.8 Å². The maximum absolute atomic E-state index is 12.4. The highest BCUT2D eigenvalue weighted by Crippen LogP contribution is 2.33. The number of aromatic nitrogens is 3. The second-order valence-electron chi connectivity index (χ2n) is 8.81. The molecule has 1 aromatic carbocycles. The van der Waals surface area contributed by atoms with E-state index in [4.69, 9.17) is 19.6 Å². The first-order chi connectivity index (χ1) is 16.9. The van der Waals surface area contributed by atoms with Crippen molar-refractivity contribution in [3.05, 3.63) is 41.2 Å². The van der Waals surface area contributed by atoms with Gasteiger partial charge in [0.2, 0.25) is 11.8 Å². The Hall–Kier alpha value is -3.62. The zero-order valence-corrected chi connectivity index (χ0v) is 20.9. The molecule has 35 heavy (non-hydrogen) atoms. The van der Waals surface area contributed by atoms with Gasteiger partial charge in [0.1, 0.15) is 11.5 Å². The maximum atomic E-state index is 12.4. The summed E-state index contributed by atoms with van der Waals surface area (Å²) in [7, 11) is 3.24. The molecule has 4 rings (SSSR count). The number of hydrogen-bond donors (Lipinski definition) is 1. The standard InChI is InChI=1S/C26H33N5O4/c1-17-20(10-11-25(32)27-12-6-14-30-13-5-7-26(30)33)18(2)31-24(28-17)16-22(29-31)21-9-8-19(34-3)15-23(21)35-4/h8-9,15-16H,5-7,10-14H2,1-4H3,(H,27,32). The molecule has 0 atom stereocenters. The zero-order valence-electron chi connectivity index (χ0n) is 20.9. The fourth-order valence-electron chi connectivity index (χ4n) is 4.60. The van der Waals surface area contributed by atoms with E-state index in [1.54, 1.807) is 14.2 Å². The van der Waals surface area contributed by atoms with Crippen LogP contribution in [0.5, 0.6) is 11.5 Å². The number of benzene rings is 1. The first kappa shape index (κ1) is 24.5. The van der Waals surface area contributed by atoms with Gasteiger partial charge in [-0.3, -0.25) is 9.59 Å². The summed E-state index contributed by atoms with van der Waals surface area (Å²) in [4.78, 5) is 30.7. The van der Waals surface area contributed by atoms with Crippen LogP contribution in [0.15, 0.2) is 24.3 Å². The lowest BCUT2D eigenvalue weighted by atomic mass is 10.1. The number of carbonyl (C=O) groups is 2. The lowest BCUT2D eigenvalue weighted by Crippen LogP contribution is -2.30. The molecular weight excluding hydrogens is 446 g/mol. The summed E-state index contributed by atoms with van der Waals surface area (Å²) >= 11 is 0. The Morgan fingerprint density at radius 2 is 2.00 bits per heavy atom. The number of fused-ring (bicyclic) bond motifs is 1. The number of hydrogen-bond acceptors (Lipinski definition) is 6. The second kappa shape index (κ2) is 10.8. The van der Waals surface area contributed by atoms with Crippen molar-refractivity contribution in [1.29, 1.82) is 0 Å². The molecule has 0 spiro atoms. The average molecular weight is 480 g/mol. The average Bonchev–Trinajstić information content (AvgIpc) is 3.47. The quantitative estimate of drug-likeness (QED) is 0.449. The fourth-order valence-corrected chi connectivity index (χ4v) is 4.60. The maximum Gasteiger partial charge on any atom is 0.222 e. The summed E-state index contributed by atoms with van der Waals surface area (Å²) in [6, 6.07) is 7.57. The van der Waals surface area contributed by atoms with E-state index in [-0.39, 0.29) is 11.8 Å². The number of aryl methyl sites for hydroxylation is 2. The van der Waals surface area contributed by atoms with Crippen molar-refractivity contribution < 1.29 is 19.1 Å². The smallest absolute Gasteiger partial charge is 0.222 e. The Morgan fingerprint density at radius 1 is 1.17 bits per heavy atom. The van der Waals surface area contributed by atoms with Crippen molar-refractivity contribution in [3.63, 3.8) is 0 Å². The molecule has 0 aliphatic carbocycles. The van der Waals surface area contributed by atoms with Gasteiger partial charge in [0.05, 0.1) is 19.9 Å². The van der Waals surface area contributed by atoms with Crippen LogP contribution < -0.4 is 14.8 Å².